The van der Waals surface area contributed by atoms with Gasteiger partial charge in [-0.1, -0.05) is 40.9 Å². The van der Waals surface area contributed by atoms with Gasteiger partial charge in [0.05, 0.1) is 38.4 Å². The highest BCUT2D eigenvalue weighted by Crippen LogP contribution is 2.30. The fourth-order valence-electron chi connectivity index (χ4n) is 2.59. The van der Waals surface area contributed by atoms with E-state index in [0.717, 1.165) is 0 Å². The monoisotopic (exact) mass is 514 g/mol. The summed E-state index contributed by atoms with van der Waals surface area (Å²) in [6.07, 6.45) is 0. The molecule has 1 amide bonds. The number of amides is 1. The lowest BCUT2D eigenvalue weighted by molar-refractivity contribution is -0.118. The van der Waals surface area contributed by atoms with Crippen LogP contribution in [0.15, 0.2) is 65.6 Å². The Labute approximate surface area is 200 Å². The normalized spacial score (nSPS) is 11.0. The van der Waals surface area contributed by atoms with Crippen LogP contribution in [0.3, 0.4) is 0 Å². The van der Waals surface area contributed by atoms with Crippen LogP contribution >= 0.6 is 34.8 Å². The van der Waals surface area contributed by atoms with E-state index in [1.807, 2.05) is 0 Å². The Kier molecular flexibility index (Phi) is 7.73. The van der Waals surface area contributed by atoms with Crippen LogP contribution in [0.4, 0.5) is 11.4 Å². The molecule has 0 heterocycles. The number of anilines is 2. The lowest BCUT2D eigenvalue weighted by Gasteiger charge is -2.11. The second kappa shape index (κ2) is 10.3. The van der Waals surface area contributed by atoms with Crippen molar-refractivity contribution >= 4 is 62.1 Å². The first-order chi connectivity index (χ1) is 15.2. The molecule has 0 aliphatic carbocycles. The van der Waals surface area contributed by atoms with Crippen molar-refractivity contribution in [3.05, 3.63) is 75.7 Å². The van der Waals surface area contributed by atoms with Crippen LogP contribution in [0.1, 0.15) is 0 Å². The molecular weight excluding hydrogens is 499 g/mol. The van der Waals surface area contributed by atoms with Crippen molar-refractivity contribution in [1.29, 1.82) is 0 Å². The lowest BCUT2D eigenvalue weighted by Crippen LogP contribution is -2.20. The molecule has 0 bridgehead atoms. The fourth-order valence-corrected chi connectivity index (χ4v) is 4.25. The maximum Gasteiger partial charge on any atom is 0.262 e. The summed E-state index contributed by atoms with van der Waals surface area (Å²) in [6.45, 7) is -0.308. The third-order valence-corrected chi connectivity index (χ3v) is 6.65. The predicted molar refractivity (Wildman–Crippen MR) is 126 cm³/mol. The average molecular weight is 516 g/mol. The van der Waals surface area contributed by atoms with E-state index in [0.29, 0.717) is 22.2 Å². The topological polar surface area (TPSA) is 93.7 Å². The molecule has 7 nitrogen and oxygen atoms in total. The molecule has 0 radical (unpaired) electrons. The molecule has 0 saturated carbocycles. The van der Waals surface area contributed by atoms with Crippen molar-refractivity contribution in [2.75, 3.05) is 23.8 Å². The highest BCUT2D eigenvalue weighted by atomic mass is 35.5. The molecule has 0 fully saturated rings. The van der Waals surface area contributed by atoms with Crippen molar-refractivity contribution in [2.24, 2.45) is 0 Å². The second-order valence-corrected chi connectivity index (χ2v) is 9.24. The summed E-state index contributed by atoms with van der Waals surface area (Å²) in [5.74, 6) is 0.283. The van der Waals surface area contributed by atoms with Gasteiger partial charge in [0.15, 0.2) is 6.61 Å². The molecule has 3 aromatic rings. The van der Waals surface area contributed by atoms with Gasteiger partial charge in [0.2, 0.25) is 0 Å². The number of nitrogens with one attached hydrogen (secondary N) is 2. The second-order valence-electron chi connectivity index (χ2n) is 6.36. The Morgan fingerprint density at radius 1 is 0.969 bits per heavy atom. The molecule has 0 aliphatic rings. The number of carbonyl (C=O) groups is 1. The molecule has 0 aliphatic heterocycles. The number of methoxy groups -OCH3 is 1. The van der Waals surface area contributed by atoms with Gasteiger partial charge in [-0.05, 0) is 54.6 Å². The van der Waals surface area contributed by atoms with Gasteiger partial charge in [0.25, 0.3) is 15.9 Å². The first kappa shape index (κ1) is 24.0. The number of hydrogen-bond acceptors (Lipinski definition) is 5. The van der Waals surface area contributed by atoms with E-state index in [1.54, 1.807) is 24.3 Å². The summed E-state index contributed by atoms with van der Waals surface area (Å²) in [7, 11) is -2.40. The molecule has 3 rings (SSSR count). The molecule has 168 valence electrons. The number of sulfonamides is 1. The molecular formula is C21H17Cl3N2O5S. The molecule has 2 N–H and O–H groups in total. The predicted octanol–water partition coefficient (Wildman–Crippen LogP) is 5.47. The minimum Gasteiger partial charge on any atom is -0.495 e. The maximum absolute atomic E-state index is 12.6. The first-order valence-electron chi connectivity index (χ1n) is 9.02. The molecule has 0 atom stereocenters. The Hall–Kier alpha value is -2.65. The van der Waals surface area contributed by atoms with Gasteiger partial charge in [-0.25, -0.2) is 8.42 Å². The summed E-state index contributed by atoms with van der Waals surface area (Å²) >= 11 is 18.0. The van der Waals surface area contributed by atoms with Crippen LogP contribution in [-0.2, 0) is 14.8 Å². The van der Waals surface area contributed by atoms with E-state index in [2.05, 4.69) is 10.0 Å². The third kappa shape index (κ3) is 5.98. The minimum absolute atomic E-state index is 0.00644. The maximum atomic E-state index is 12.6. The van der Waals surface area contributed by atoms with Gasteiger partial charge in [-0.3, -0.25) is 9.52 Å². The standard InChI is InChI=1S/C21H17Cl3N2O5S/c1-30-19-10-5-13(11-17(19)23)26-32(28,29)15-8-6-14(7-9-15)31-12-20(27)25-18-4-2-3-16(22)21(18)24/h2-11,26H,12H2,1H3,(H,25,27). The van der Waals surface area contributed by atoms with Crippen molar-refractivity contribution < 1.29 is 22.7 Å². The summed E-state index contributed by atoms with van der Waals surface area (Å²) in [6, 6.07) is 15.0. The van der Waals surface area contributed by atoms with Crippen LogP contribution in [0.25, 0.3) is 0 Å². The van der Waals surface area contributed by atoms with Gasteiger partial charge < -0.3 is 14.8 Å². The summed E-state index contributed by atoms with van der Waals surface area (Å²) < 4.78 is 38.1. The minimum atomic E-state index is -3.86. The van der Waals surface area contributed by atoms with E-state index in [9.17, 15) is 13.2 Å². The molecule has 32 heavy (non-hydrogen) atoms. The Bertz CT molecular complexity index is 1230. The highest BCUT2D eigenvalue weighted by molar-refractivity contribution is 7.92. The van der Waals surface area contributed by atoms with E-state index in [-0.39, 0.29) is 27.2 Å². The van der Waals surface area contributed by atoms with Crippen LogP contribution in [0, 0.1) is 0 Å². The lowest BCUT2D eigenvalue weighted by atomic mass is 10.3. The molecule has 0 unspecified atom stereocenters. The van der Waals surface area contributed by atoms with Gasteiger partial charge in [0.1, 0.15) is 11.5 Å². The Morgan fingerprint density at radius 2 is 1.69 bits per heavy atom. The summed E-state index contributed by atoms with van der Waals surface area (Å²) in [5, 5.41) is 3.40. The van der Waals surface area contributed by atoms with Gasteiger partial charge in [0, 0.05) is 0 Å². The van der Waals surface area contributed by atoms with Crippen molar-refractivity contribution in [3.63, 3.8) is 0 Å². The van der Waals surface area contributed by atoms with Crippen molar-refractivity contribution in [2.45, 2.75) is 4.90 Å². The van der Waals surface area contributed by atoms with Crippen LogP contribution < -0.4 is 19.5 Å². The highest BCUT2D eigenvalue weighted by Gasteiger charge is 2.16. The Balaban J connectivity index is 1.61. The first-order valence-corrected chi connectivity index (χ1v) is 11.6. The molecule has 11 heteroatoms. The van der Waals surface area contributed by atoms with E-state index >= 15 is 0 Å². The number of rotatable bonds is 8. The van der Waals surface area contributed by atoms with Gasteiger partial charge >= 0.3 is 0 Å². The zero-order valence-corrected chi connectivity index (χ0v) is 19.6. The van der Waals surface area contributed by atoms with Gasteiger partial charge in [-0.2, -0.15) is 0 Å². The fraction of sp³-hybridized carbons (Fsp3) is 0.0952. The number of benzene rings is 3. The van der Waals surface area contributed by atoms with Crippen LogP contribution in [-0.4, -0.2) is 28.0 Å². The zero-order chi connectivity index (χ0) is 23.3. The molecule has 0 saturated heterocycles. The molecule has 3 aromatic carbocycles. The SMILES string of the molecule is COc1ccc(NS(=O)(=O)c2ccc(OCC(=O)Nc3cccc(Cl)c3Cl)cc2)cc1Cl. The van der Waals surface area contributed by atoms with Crippen molar-refractivity contribution in [3.8, 4) is 11.5 Å². The van der Waals surface area contributed by atoms with Crippen LogP contribution in [0.5, 0.6) is 11.5 Å². The van der Waals surface area contributed by atoms with Crippen LogP contribution in [0.2, 0.25) is 15.1 Å². The Morgan fingerprint density at radius 3 is 2.34 bits per heavy atom. The average Bonchev–Trinajstić information content (AvgIpc) is 2.76. The van der Waals surface area contributed by atoms with E-state index in [1.165, 1.54) is 43.5 Å². The quantitative estimate of drug-likeness (QED) is 0.415. The number of carbonyl (C=O) groups excluding carboxylic acids is 1. The summed E-state index contributed by atoms with van der Waals surface area (Å²) in [5.41, 5.74) is 0.645. The molecule has 0 spiro atoms. The number of ether oxygens (including phenoxy) is 2. The summed E-state index contributed by atoms with van der Waals surface area (Å²) in [4.78, 5) is 12.1. The largest absolute Gasteiger partial charge is 0.495 e. The number of halogens is 3. The third-order valence-electron chi connectivity index (χ3n) is 4.13. The molecule has 0 aromatic heterocycles. The zero-order valence-electron chi connectivity index (χ0n) is 16.6. The van der Waals surface area contributed by atoms with Gasteiger partial charge in [-0.15, -0.1) is 0 Å². The van der Waals surface area contributed by atoms with E-state index in [4.69, 9.17) is 44.3 Å². The number of hydrogen-bond donors (Lipinski definition) is 2. The smallest absolute Gasteiger partial charge is 0.262 e. The van der Waals surface area contributed by atoms with E-state index < -0.39 is 15.9 Å². The van der Waals surface area contributed by atoms with Crippen molar-refractivity contribution in [1.82, 2.24) is 0 Å².